The molecule has 0 aliphatic heterocycles. The molecule has 0 aliphatic rings. The van der Waals surface area contributed by atoms with Gasteiger partial charge in [0.05, 0.1) is 18.8 Å². The molecular formula is C14H16N2O2S. The molecule has 4 nitrogen and oxygen atoms in total. The van der Waals surface area contributed by atoms with E-state index in [-0.39, 0.29) is 12.5 Å². The van der Waals surface area contributed by atoms with Gasteiger partial charge in [-0.1, -0.05) is 18.2 Å². The number of amides is 1. The minimum atomic E-state index is -0.0737. The van der Waals surface area contributed by atoms with Crippen molar-refractivity contribution in [3.8, 4) is 0 Å². The third kappa shape index (κ3) is 3.56. The predicted molar refractivity (Wildman–Crippen MR) is 78.3 cm³/mol. The Morgan fingerprint density at radius 2 is 2.05 bits per heavy atom. The number of rotatable bonds is 5. The third-order valence-electron chi connectivity index (χ3n) is 2.68. The fourth-order valence-electron chi connectivity index (χ4n) is 1.78. The minimum absolute atomic E-state index is 0.00612. The SMILES string of the molecule is CC(=O)Nc1ccsc1CNc1ccccc1CO. The molecule has 2 aromatic rings. The highest BCUT2D eigenvalue weighted by Gasteiger charge is 2.06. The molecular weight excluding hydrogens is 260 g/mol. The molecule has 0 bridgehead atoms. The summed E-state index contributed by atoms with van der Waals surface area (Å²) in [6, 6.07) is 9.51. The second-order valence-electron chi connectivity index (χ2n) is 4.11. The van der Waals surface area contributed by atoms with E-state index < -0.39 is 0 Å². The minimum Gasteiger partial charge on any atom is -0.392 e. The zero-order valence-corrected chi connectivity index (χ0v) is 11.5. The first kappa shape index (κ1) is 13.6. The van der Waals surface area contributed by atoms with Crippen LogP contribution in [-0.2, 0) is 17.9 Å². The van der Waals surface area contributed by atoms with E-state index >= 15 is 0 Å². The summed E-state index contributed by atoms with van der Waals surface area (Å²) in [7, 11) is 0. The molecule has 1 heterocycles. The molecule has 19 heavy (non-hydrogen) atoms. The highest BCUT2D eigenvalue weighted by molar-refractivity contribution is 7.10. The lowest BCUT2D eigenvalue weighted by atomic mass is 10.2. The monoisotopic (exact) mass is 276 g/mol. The first-order valence-corrected chi connectivity index (χ1v) is 6.85. The lowest BCUT2D eigenvalue weighted by molar-refractivity contribution is -0.114. The number of thiophene rings is 1. The number of hydrogen-bond acceptors (Lipinski definition) is 4. The first-order chi connectivity index (χ1) is 9.20. The third-order valence-corrected chi connectivity index (χ3v) is 3.60. The molecule has 1 aromatic carbocycles. The van der Waals surface area contributed by atoms with Crippen LogP contribution in [0.1, 0.15) is 17.4 Å². The Labute approximate surface area is 116 Å². The average Bonchev–Trinajstić information content (AvgIpc) is 2.83. The number of aliphatic hydroxyl groups excluding tert-OH is 1. The highest BCUT2D eigenvalue weighted by atomic mass is 32.1. The van der Waals surface area contributed by atoms with Crippen molar-refractivity contribution in [1.82, 2.24) is 0 Å². The van der Waals surface area contributed by atoms with Crippen LogP contribution in [0.25, 0.3) is 0 Å². The summed E-state index contributed by atoms with van der Waals surface area (Å²) in [5.41, 5.74) is 2.61. The lowest BCUT2D eigenvalue weighted by Crippen LogP contribution is -2.08. The molecule has 0 atom stereocenters. The van der Waals surface area contributed by atoms with Gasteiger partial charge >= 0.3 is 0 Å². The molecule has 1 amide bonds. The summed E-state index contributed by atoms with van der Waals surface area (Å²) in [6.07, 6.45) is 0. The van der Waals surface area contributed by atoms with Crippen molar-refractivity contribution in [2.45, 2.75) is 20.1 Å². The van der Waals surface area contributed by atoms with Gasteiger partial charge in [-0.2, -0.15) is 0 Å². The second kappa shape index (κ2) is 6.36. The van der Waals surface area contributed by atoms with Gasteiger partial charge in [0, 0.05) is 23.1 Å². The standard InChI is InChI=1S/C14H16N2O2S/c1-10(18)16-13-6-7-19-14(13)8-15-12-5-3-2-4-11(12)9-17/h2-7,15,17H,8-9H2,1H3,(H,16,18). The van der Waals surface area contributed by atoms with Gasteiger partial charge in [-0.25, -0.2) is 0 Å². The Morgan fingerprint density at radius 1 is 1.26 bits per heavy atom. The van der Waals surface area contributed by atoms with E-state index in [4.69, 9.17) is 0 Å². The summed E-state index contributed by atoms with van der Waals surface area (Å²) in [5.74, 6) is -0.0737. The molecule has 2 rings (SSSR count). The molecule has 3 N–H and O–H groups in total. The van der Waals surface area contributed by atoms with Gasteiger partial charge in [0.15, 0.2) is 0 Å². The molecule has 0 saturated heterocycles. The van der Waals surface area contributed by atoms with Crippen molar-refractivity contribution in [1.29, 1.82) is 0 Å². The molecule has 100 valence electrons. The Balaban J connectivity index is 2.06. The molecule has 0 aliphatic carbocycles. The molecule has 5 heteroatoms. The lowest BCUT2D eigenvalue weighted by Gasteiger charge is -2.10. The van der Waals surface area contributed by atoms with Crippen LogP contribution in [0.3, 0.4) is 0 Å². The zero-order chi connectivity index (χ0) is 13.7. The van der Waals surface area contributed by atoms with Gasteiger partial charge in [-0.15, -0.1) is 11.3 Å². The fraction of sp³-hybridized carbons (Fsp3) is 0.214. The van der Waals surface area contributed by atoms with E-state index in [0.29, 0.717) is 6.54 Å². The smallest absolute Gasteiger partial charge is 0.221 e. The summed E-state index contributed by atoms with van der Waals surface area (Å²) >= 11 is 1.58. The normalized spacial score (nSPS) is 10.2. The molecule has 0 spiro atoms. The van der Waals surface area contributed by atoms with Crippen molar-refractivity contribution in [3.63, 3.8) is 0 Å². The van der Waals surface area contributed by atoms with Crippen LogP contribution < -0.4 is 10.6 Å². The zero-order valence-electron chi connectivity index (χ0n) is 10.6. The van der Waals surface area contributed by atoms with E-state index in [2.05, 4.69) is 10.6 Å². The maximum atomic E-state index is 11.1. The Morgan fingerprint density at radius 3 is 2.79 bits per heavy atom. The summed E-state index contributed by atoms with van der Waals surface area (Å²) in [6.45, 7) is 2.12. The molecule has 0 fully saturated rings. The largest absolute Gasteiger partial charge is 0.392 e. The van der Waals surface area contributed by atoms with Crippen molar-refractivity contribution in [2.75, 3.05) is 10.6 Å². The van der Waals surface area contributed by atoms with Crippen LogP contribution in [0.4, 0.5) is 11.4 Å². The Hall–Kier alpha value is -1.85. The number of para-hydroxylation sites is 1. The van der Waals surface area contributed by atoms with Gasteiger partial charge in [0.1, 0.15) is 0 Å². The molecule has 1 aromatic heterocycles. The van der Waals surface area contributed by atoms with E-state index in [1.165, 1.54) is 6.92 Å². The number of hydrogen-bond donors (Lipinski definition) is 3. The first-order valence-electron chi connectivity index (χ1n) is 5.97. The van der Waals surface area contributed by atoms with Crippen LogP contribution >= 0.6 is 11.3 Å². The van der Waals surface area contributed by atoms with E-state index in [1.807, 2.05) is 35.7 Å². The maximum Gasteiger partial charge on any atom is 0.221 e. The van der Waals surface area contributed by atoms with E-state index in [9.17, 15) is 9.90 Å². The summed E-state index contributed by atoms with van der Waals surface area (Å²) in [4.78, 5) is 12.1. The number of aliphatic hydroxyl groups is 1. The van der Waals surface area contributed by atoms with Crippen molar-refractivity contribution in [3.05, 3.63) is 46.2 Å². The quantitative estimate of drug-likeness (QED) is 0.787. The maximum absolute atomic E-state index is 11.1. The van der Waals surface area contributed by atoms with Crippen molar-refractivity contribution >= 4 is 28.6 Å². The van der Waals surface area contributed by atoms with Crippen LogP contribution in [0.2, 0.25) is 0 Å². The Bertz CT molecular complexity index is 566. The molecule has 0 unspecified atom stereocenters. The number of carbonyl (C=O) groups is 1. The number of benzene rings is 1. The summed E-state index contributed by atoms with van der Waals surface area (Å²) < 4.78 is 0. The van der Waals surface area contributed by atoms with Gasteiger partial charge in [0.25, 0.3) is 0 Å². The van der Waals surface area contributed by atoms with E-state index in [0.717, 1.165) is 21.8 Å². The van der Waals surface area contributed by atoms with Crippen LogP contribution in [0, 0.1) is 0 Å². The number of anilines is 2. The number of nitrogens with one attached hydrogen (secondary N) is 2. The van der Waals surface area contributed by atoms with Crippen LogP contribution in [0.15, 0.2) is 35.7 Å². The highest BCUT2D eigenvalue weighted by Crippen LogP contribution is 2.24. The molecule has 0 saturated carbocycles. The fourth-order valence-corrected chi connectivity index (χ4v) is 2.55. The van der Waals surface area contributed by atoms with E-state index in [1.54, 1.807) is 11.3 Å². The predicted octanol–water partition coefficient (Wildman–Crippen LogP) is 2.81. The van der Waals surface area contributed by atoms with Gasteiger partial charge < -0.3 is 15.7 Å². The Kier molecular flexibility index (Phi) is 4.54. The van der Waals surface area contributed by atoms with Gasteiger partial charge in [-0.3, -0.25) is 4.79 Å². The number of carbonyl (C=O) groups excluding carboxylic acids is 1. The second-order valence-corrected chi connectivity index (χ2v) is 5.11. The van der Waals surface area contributed by atoms with Crippen LogP contribution in [0.5, 0.6) is 0 Å². The van der Waals surface area contributed by atoms with Gasteiger partial charge in [0.2, 0.25) is 5.91 Å². The van der Waals surface area contributed by atoms with Crippen LogP contribution in [-0.4, -0.2) is 11.0 Å². The molecule has 0 radical (unpaired) electrons. The van der Waals surface area contributed by atoms with Crippen molar-refractivity contribution < 1.29 is 9.90 Å². The topological polar surface area (TPSA) is 61.4 Å². The average molecular weight is 276 g/mol. The summed E-state index contributed by atoms with van der Waals surface area (Å²) in [5, 5.41) is 17.3. The van der Waals surface area contributed by atoms with Gasteiger partial charge in [-0.05, 0) is 17.5 Å². The van der Waals surface area contributed by atoms with Crippen molar-refractivity contribution in [2.24, 2.45) is 0 Å².